The molecule has 1 N–H and O–H groups in total. The topological polar surface area (TPSA) is 18.5 Å². The maximum Gasteiger partial charge on any atom is 0.0116 e. The summed E-state index contributed by atoms with van der Waals surface area (Å²) in [5.74, 6) is 0. The fourth-order valence-electron chi connectivity index (χ4n) is 4.69. The third-order valence-electron chi connectivity index (χ3n) is 5.78. The second-order valence-electron chi connectivity index (χ2n) is 7.08. The van der Waals surface area contributed by atoms with Crippen LogP contribution in [0.3, 0.4) is 0 Å². The van der Waals surface area contributed by atoms with Crippen molar-refractivity contribution in [3.05, 3.63) is 0 Å². The van der Waals surface area contributed by atoms with Crippen molar-refractivity contribution in [2.24, 2.45) is 0 Å². The average molecular weight is 296 g/mol. The highest BCUT2D eigenvalue weighted by Crippen LogP contribution is 2.38. The Labute approximate surface area is 132 Å². The number of fused-ring (bicyclic) bond motifs is 2. The van der Waals surface area contributed by atoms with Crippen molar-refractivity contribution in [1.82, 2.24) is 15.1 Å². The summed E-state index contributed by atoms with van der Waals surface area (Å²) in [7, 11) is 0. The summed E-state index contributed by atoms with van der Waals surface area (Å²) in [5, 5.41) is 3.68. The molecule has 2 bridgehead atoms. The maximum absolute atomic E-state index is 3.68. The fourth-order valence-corrected chi connectivity index (χ4v) is 4.69. The van der Waals surface area contributed by atoms with Crippen LogP contribution < -0.4 is 5.32 Å². The summed E-state index contributed by atoms with van der Waals surface area (Å²) < 4.78 is 0. The number of nitrogens with one attached hydrogen (secondary N) is 1. The van der Waals surface area contributed by atoms with Crippen molar-refractivity contribution in [3.63, 3.8) is 0 Å². The molecule has 0 radical (unpaired) electrons. The molecule has 0 spiro atoms. The van der Waals surface area contributed by atoms with E-state index in [0.717, 1.165) is 30.7 Å². The third-order valence-corrected chi connectivity index (χ3v) is 5.78. The van der Waals surface area contributed by atoms with Crippen LogP contribution in [0.15, 0.2) is 0 Å². The molecule has 3 nitrogen and oxygen atoms in total. The van der Waals surface area contributed by atoms with Gasteiger partial charge < -0.3 is 10.2 Å². The molecule has 3 atom stereocenters. The molecule has 2 heterocycles. The maximum atomic E-state index is 3.68. The highest BCUT2D eigenvalue weighted by molar-refractivity contribution is 4.99. The molecule has 3 heteroatoms. The van der Waals surface area contributed by atoms with Gasteiger partial charge in [0.1, 0.15) is 0 Å². The smallest absolute Gasteiger partial charge is 0.0116 e. The molecule has 2 aliphatic rings. The predicted molar refractivity (Wildman–Crippen MR) is 91.8 cm³/mol. The van der Waals surface area contributed by atoms with Crippen LogP contribution in [-0.4, -0.2) is 60.1 Å². The monoisotopic (exact) mass is 295 g/mol. The van der Waals surface area contributed by atoms with Crippen molar-refractivity contribution in [1.29, 1.82) is 0 Å². The van der Waals surface area contributed by atoms with E-state index in [0.29, 0.717) is 0 Å². The molecule has 124 valence electrons. The van der Waals surface area contributed by atoms with Gasteiger partial charge in [0.2, 0.25) is 0 Å². The summed E-state index contributed by atoms with van der Waals surface area (Å²) in [6.45, 7) is 14.1. The van der Waals surface area contributed by atoms with E-state index in [9.17, 15) is 0 Å². The Morgan fingerprint density at radius 1 is 1.10 bits per heavy atom. The van der Waals surface area contributed by atoms with Crippen LogP contribution in [0.25, 0.3) is 0 Å². The third kappa shape index (κ3) is 4.43. The van der Waals surface area contributed by atoms with Crippen molar-refractivity contribution in [3.8, 4) is 0 Å². The Hall–Kier alpha value is -0.120. The minimum atomic E-state index is 0.778. The largest absolute Gasteiger partial charge is 0.314 e. The molecule has 21 heavy (non-hydrogen) atoms. The van der Waals surface area contributed by atoms with E-state index >= 15 is 0 Å². The molecule has 0 amide bonds. The number of piperidine rings is 1. The van der Waals surface area contributed by atoms with Gasteiger partial charge in [0.05, 0.1) is 0 Å². The van der Waals surface area contributed by atoms with E-state index in [-0.39, 0.29) is 0 Å². The van der Waals surface area contributed by atoms with Gasteiger partial charge in [-0.1, -0.05) is 20.8 Å². The zero-order valence-electron chi connectivity index (χ0n) is 14.8. The zero-order valence-corrected chi connectivity index (χ0v) is 14.8. The fraction of sp³-hybridized carbons (Fsp3) is 1.00. The van der Waals surface area contributed by atoms with Gasteiger partial charge in [0.25, 0.3) is 0 Å². The van der Waals surface area contributed by atoms with Crippen LogP contribution in [0, 0.1) is 0 Å². The van der Waals surface area contributed by atoms with E-state index in [4.69, 9.17) is 0 Å². The lowest BCUT2D eigenvalue weighted by molar-refractivity contribution is 0.0714. The van der Waals surface area contributed by atoms with Crippen LogP contribution in [0.5, 0.6) is 0 Å². The van der Waals surface area contributed by atoms with Crippen molar-refractivity contribution < 1.29 is 0 Å². The van der Waals surface area contributed by atoms with E-state index in [1.807, 2.05) is 0 Å². The Kier molecular flexibility index (Phi) is 6.97. The molecule has 2 saturated heterocycles. The summed E-state index contributed by atoms with van der Waals surface area (Å²) >= 11 is 0. The lowest BCUT2D eigenvalue weighted by atomic mass is 9.94. The molecule has 0 aromatic rings. The first-order chi connectivity index (χ1) is 10.2. The summed E-state index contributed by atoms with van der Waals surface area (Å²) in [6, 6.07) is 3.28. The first-order valence-corrected chi connectivity index (χ1v) is 9.42. The molecule has 0 aliphatic carbocycles. The summed E-state index contributed by atoms with van der Waals surface area (Å²) in [4.78, 5) is 5.44. The number of nitrogens with zero attached hydrogens (tertiary/aromatic N) is 2. The number of hydrogen-bond donors (Lipinski definition) is 1. The van der Waals surface area contributed by atoms with Gasteiger partial charge in [-0.2, -0.15) is 0 Å². The van der Waals surface area contributed by atoms with Gasteiger partial charge in [-0.3, -0.25) is 4.90 Å². The van der Waals surface area contributed by atoms with Crippen molar-refractivity contribution in [2.75, 3.05) is 26.2 Å². The molecule has 0 aromatic heterocycles. The molecule has 2 fully saturated rings. The highest BCUT2D eigenvalue weighted by Gasteiger charge is 2.42. The number of hydrogen-bond acceptors (Lipinski definition) is 3. The van der Waals surface area contributed by atoms with Crippen LogP contribution in [0.4, 0.5) is 0 Å². The van der Waals surface area contributed by atoms with Crippen LogP contribution in [0.2, 0.25) is 0 Å². The SMILES string of the molecule is CCNC1CC2CCC(C1)N2C(C)CCCN(CC)CC. The zero-order chi connectivity index (χ0) is 15.2. The Bertz CT molecular complexity index is 276. The second-order valence-corrected chi connectivity index (χ2v) is 7.08. The Balaban J connectivity index is 1.77. The van der Waals surface area contributed by atoms with Crippen molar-refractivity contribution in [2.45, 2.75) is 90.4 Å². The molecule has 0 aromatic carbocycles. The van der Waals surface area contributed by atoms with Gasteiger partial charge in [-0.25, -0.2) is 0 Å². The van der Waals surface area contributed by atoms with Gasteiger partial charge in [-0.05, 0) is 71.6 Å². The van der Waals surface area contributed by atoms with E-state index < -0.39 is 0 Å². The molecule has 3 unspecified atom stereocenters. The quantitative estimate of drug-likeness (QED) is 0.705. The van der Waals surface area contributed by atoms with E-state index in [2.05, 4.69) is 42.8 Å². The van der Waals surface area contributed by atoms with Crippen LogP contribution in [-0.2, 0) is 0 Å². The molecule has 2 aliphatic heterocycles. The molecular weight excluding hydrogens is 258 g/mol. The highest BCUT2D eigenvalue weighted by atomic mass is 15.3. The summed E-state index contributed by atoms with van der Waals surface area (Å²) in [5.41, 5.74) is 0. The molecule has 2 rings (SSSR count). The Morgan fingerprint density at radius 3 is 2.24 bits per heavy atom. The average Bonchev–Trinajstić information content (AvgIpc) is 2.75. The minimum Gasteiger partial charge on any atom is -0.314 e. The molecular formula is C18H37N3. The second kappa shape index (κ2) is 8.50. The van der Waals surface area contributed by atoms with Gasteiger partial charge in [0, 0.05) is 24.2 Å². The van der Waals surface area contributed by atoms with Gasteiger partial charge in [0.15, 0.2) is 0 Å². The first-order valence-electron chi connectivity index (χ1n) is 9.42. The summed E-state index contributed by atoms with van der Waals surface area (Å²) in [6.07, 6.45) is 8.36. The van der Waals surface area contributed by atoms with Gasteiger partial charge >= 0.3 is 0 Å². The van der Waals surface area contributed by atoms with Gasteiger partial charge in [-0.15, -0.1) is 0 Å². The Morgan fingerprint density at radius 2 is 1.71 bits per heavy atom. The minimum absolute atomic E-state index is 0.778. The normalized spacial score (nSPS) is 31.0. The van der Waals surface area contributed by atoms with Crippen molar-refractivity contribution >= 4 is 0 Å². The van der Waals surface area contributed by atoms with E-state index in [1.54, 1.807) is 0 Å². The predicted octanol–water partition coefficient (Wildman–Crippen LogP) is 3.10. The lowest BCUT2D eigenvalue weighted by Crippen LogP contribution is -2.52. The van der Waals surface area contributed by atoms with Crippen LogP contribution >= 0.6 is 0 Å². The standard InChI is InChI=1S/C18H37N3/c1-5-19-16-13-17-10-11-18(14-16)21(17)15(4)9-8-12-20(6-2)7-3/h15-19H,5-14H2,1-4H3. The molecule has 0 saturated carbocycles. The first kappa shape index (κ1) is 17.2. The van der Waals surface area contributed by atoms with Crippen LogP contribution in [0.1, 0.15) is 66.2 Å². The van der Waals surface area contributed by atoms with E-state index in [1.165, 1.54) is 58.2 Å². The lowest BCUT2D eigenvalue weighted by Gasteiger charge is -2.43. The number of rotatable bonds is 9.